The lowest BCUT2D eigenvalue weighted by Gasteiger charge is -2.24. The lowest BCUT2D eigenvalue weighted by molar-refractivity contribution is -0.138. The van der Waals surface area contributed by atoms with Gasteiger partial charge in [-0.05, 0) is 74.9 Å². The summed E-state index contributed by atoms with van der Waals surface area (Å²) in [6.07, 6.45) is 13.7. The number of anilines is 2. The number of fused-ring (bicyclic) bond motifs is 1. The highest BCUT2D eigenvalue weighted by atomic mass is 16.5. The third kappa shape index (κ3) is 9.17. The van der Waals surface area contributed by atoms with E-state index < -0.39 is 12.0 Å². The van der Waals surface area contributed by atoms with Crippen LogP contribution in [0.3, 0.4) is 0 Å². The predicted molar refractivity (Wildman–Crippen MR) is 165 cm³/mol. The van der Waals surface area contributed by atoms with Gasteiger partial charge in [0.05, 0.1) is 18.1 Å². The van der Waals surface area contributed by atoms with Gasteiger partial charge in [0.25, 0.3) is 0 Å². The van der Waals surface area contributed by atoms with Crippen LogP contribution in [-0.2, 0) is 17.6 Å². The average Bonchev–Trinajstić information content (AvgIpc) is 3.05. The van der Waals surface area contributed by atoms with Crippen molar-refractivity contribution < 1.29 is 14.6 Å². The molecule has 43 heavy (non-hydrogen) atoms. The first kappa shape index (κ1) is 29.8. The smallest absolute Gasteiger partial charge is 0.326 e. The van der Waals surface area contributed by atoms with E-state index >= 15 is 0 Å². The summed E-state index contributed by atoms with van der Waals surface area (Å²) in [5, 5.41) is 16.5. The van der Waals surface area contributed by atoms with E-state index in [4.69, 9.17) is 9.72 Å². The number of unbranched alkanes of at least 4 members (excludes halogenated alkanes) is 1. The average molecular weight is 583 g/mol. The molecule has 0 aliphatic carbocycles. The molecule has 0 unspecified atom stereocenters. The second kappa shape index (κ2) is 15.5. The fraction of sp³-hybridized carbons (Fsp3) is 0.375. The number of aliphatic carboxylic acids is 1. The Morgan fingerprint density at radius 1 is 1.00 bits per heavy atom. The van der Waals surface area contributed by atoms with E-state index in [9.17, 15) is 9.90 Å². The molecule has 0 fully saturated rings. The number of nitrogens with one attached hydrogen (secondary N) is 2. The maximum absolute atomic E-state index is 12.2. The SMILES string of the molecule is O=C(O)[C@H](CCN(CCCCc1ccc2c(n1)NCCC2)CCOc1ccccn1)Nc1cncc(-c2ccncc2)n1. The molecule has 1 atom stereocenters. The fourth-order valence-corrected chi connectivity index (χ4v) is 5.04. The van der Waals surface area contributed by atoms with Crippen molar-refractivity contribution in [2.24, 2.45) is 0 Å². The van der Waals surface area contributed by atoms with Gasteiger partial charge in [0.1, 0.15) is 24.3 Å². The highest BCUT2D eigenvalue weighted by Gasteiger charge is 2.20. The molecule has 11 heteroatoms. The first-order valence-electron chi connectivity index (χ1n) is 14.8. The summed E-state index contributed by atoms with van der Waals surface area (Å²) >= 11 is 0. The van der Waals surface area contributed by atoms with Crippen LogP contribution in [0, 0.1) is 0 Å². The summed E-state index contributed by atoms with van der Waals surface area (Å²) in [6.45, 7) is 3.49. The Balaban J connectivity index is 1.16. The van der Waals surface area contributed by atoms with Gasteiger partial charge in [-0.2, -0.15) is 0 Å². The topological polar surface area (TPSA) is 138 Å². The molecule has 0 radical (unpaired) electrons. The zero-order valence-corrected chi connectivity index (χ0v) is 24.2. The molecule has 5 rings (SSSR count). The van der Waals surface area contributed by atoms with E-state index in [2.05, 4.69) is 47.6 Å². The lowest BCUT2D eigenvalue weighted by atomic mass is 10.1. The van der Waals surface area contributed by atoms with Crippen molar-refractivity contribution >= 4 is 17.6 Å². The molecule has 0 saturated heterocycles. The monoisotopic (exact) mass is 582 g/mol. The Kier molecular flexibility index (Phi) is 10.8. The molecule has 0 aromatic carbocycles. The summed E-state index contributed by atoms with van der Waals surface area (Å²) in [6, 6.07) is 12.8. The van der Waals surface area contributed by atoms with E-state index in [1.807, 2.05) is 30.3 Å². The van der Waals surface area contributed by atoms with Crippen LogP contribution in [0.5, 0.6) is 5.88 Å². The van der Waals surface area contributed by atoms with Gasteiger partial charge in [-0.15, -0.1) is 0 Å². The molecule has 4 aromatic heterocycles. The van der Waals surface area contributed by atoms with Crippen molar-refractivity contribution in [2.75, 3.05) is 43.4 Å². The van der Waals surface area contributed by atoms with E-state index in [0.717, 1.165) is 62.3 Å². The first-order chi connectivity index (χ1) is 21.1. The van der Waals surface area contributed by atoms with Gasteiger partial charge >= 0.3 is 5.97 Å². The van der Waals surface area contributed by atoms with Crippen LogP contribution in [-0.4, -0.2) is 79.7 Å². The number of rotatable bonds is 16. The molecule has 3 N–H and O–H groups in total. The Morgan fingerprint density at radius 3 is 2.74 bits per heavy atom. The van der Waals surface area contributed by atoms with Gasteiger partial charge in [0.2, 0.25) is 5.88 Å². The summed E-state index contributed by atoms with van der Waals surface area (Å²) < 4.78 is 5.85. The maximum Gasteiger partial charge on any atom is 0.326 e. The lowest BCUT2D eigenvalue weighted by Crippen LogP contribution is -2.37. The maximum atomic E-state index is 12.2. The standard InChI is InChI=1S/C32H38N8O3/c41-32(42)27(38-29-23-34-22-28(39-29)24-11-16-33-17-12-24)13-19-40(20-21-43-30-8-1-3-14-35-30)18-4-2-7-26-10-9-25-6-5-15-36-31(25)37-26/h1,3,8-12,14,16-17,22-23,27H,2,4-7,13,15,18-21H2,(H,36,37)(H,38,39)(H,41,42)/t27-/m0/s1. The van der Waals surface area contributed by atoms with Crippen molar-refractivity contribution in [2.45, 2.75) is 44.6 Å². The van der Waals surface area contributed by atoms with Gasteiger partial charge in [-0.25, -0.2) is 19.7 Å². The molecule has 0 saturated carbocycles. The molecule has 5 heterocycles. The molecular weight excluding hydrogens is 544 g/mol. The molecular formula is C32H38N8O3. The first-order valence-corrected chi connectivity index (χ1v) is 14.8. The summed E-state index contributed by atoms with van der Waals surface area (Å²) in [5.74, 6) is 1.08. The highest BCUT2D eigenvalue weighted by Crippen LogP contribution is 2.21. The van der Waals surface area contributed by atoms with Gasteiger partial charge < -0.3 is 20.5 Å². The van der Waals surface area contributed by atoms with Crippen molar-refractivity contribution in [1.29, 1.82) is 0 Å². The van der Waals surface area contributed by atoms with Gasteiger partial charge in [0.15, 0.2) is 0 Å². The second-order valence-electron chi connectivity index (χ2n) is 10.5. The van der Waals surface area contributed by atoms with Gasteiger partial charge in [0, 0.05) is 55.5 Å². The van der Waals surface area contributed by atoms with Crippen LogP contribution >= 0.6 is 0 Å². The molecule has 1 aliphatic heterocycles. The van der Waals surface area contributed by atoms with Gasteiger partial charge in [-0.3, -0.25) is 14.9 Å². The molecule has 4 aromatic rings. The van der Waals surface area contributed by atoms with Crippen LogP contribution < -0.4 is 15.4 Å². The van der Waals surface area contributed by atoms with E-state index in [1.165, 1.54) is 5.56 Å². The third-order valence-electron chi connectivity index (χ3n) is 7.37. The minimum atomic E-state index is -0.937. The van der Waals surface area contributed by atoms with E-state index in [-0.39, 0.29) is 0 Å². The Morgan fingerprint density at radius 2 is 1.91 bits per heavy atom. The minimum Gasteiger partial charge on any atom is -0.480 e. The largest absolute Gasteiger partial charge is 0.480 e. The van der Waals surface area contributed by atoms with Crippen LogP contribution in [0.25, 0.3) is 11.3 Å². The number of nitrogens with zero attached hydrogens (tertiary/aromatic N) is 6. The van der Waals surface area contributed by atoms with Crippen molar-refractivity contribution in [3.8, 4) is 17.1 Å². The van der Waals surface area contributed by atoms with Crippen LogP contribution in [0.4, 0.5) is 11.6 Å². The fourth-order valence-electron chi connectivity index (χ4n) is 5.04. The Bertz CT molecular complexity index is 1440. The van der Waals surface area contributed by atoms with Crippen LogP contribution in [0.1, 0.15) is 36.9 Å². The number of carboxylic acids is 1. The zero-order valence-electron chi connectivity index (χ0n) is 24.2. The van der Waals surface area contributed by atoms with Crippen molar-refractivity contribution in [1.82, 2.24) is 29.8 Å². The van der Waals surface area contributed by atoms with Crippen molar-refractivity contribution in [3.63, 3.8) is 0 Å². The molecule has 0 spiro atoms. The summed E-state index contributed by atoms with van der Waals surface area (Å²) in [4.78, 5) is 36.4. The Labute approximate surface area is 251 Å². The number of pyridine rings is 3. The normalized spacial score (nSPS) is 13.1. The Hall–Kier alpha value is -4.64. The van der Waals surface area contributed by atoms with E-state index in [0.29, 0.717) is 43.5 Å². The number of ether oxygens (including phenoxy) is 1. The van der Waals surface area contributed by atoms with E-state index in [1.54, 1.807) is 31.0 Å². The minimum absolute atomic E-state index is 0.387. The predicted octanol–water partition coefficient (Wildman–Crippen LogP) is 4.35. The number of hydrogen-bond donors (Lipinski definition) is 3. The van der Waals surface area contributed by atoms with Crippen molar-refractivity contribution in [3.05, 3.63) is 84.7 Å². The third-order valence-corrected chi connectivity index (χ3v) is 7.37. The van der Waals surface area contributed by atoms with Gasteiger partial charge in [-0.1, -0.05) is 12.1 Å². The highest BCUT2D eigenvalue weighted by molar-refractivity contribution is 5.77. The zero-order chi connectivity index (χ0) is 29.7. The number of carbonyl (C=O) groups is 1. The number of aryl methyl sites for hydroxylation is 2. The molecule has 1 aliphatic rings. The number of hydrogen-bond acceptors (Lipinski definition) is 10. The molecule has 224 valence electrons. The quantitative estimate of drug-likeness (QED) is 0.163. The van der Waals surface area contributed by atoms with Crippen LogP contribution in [0.2, 0.25) is 0 Å². The molecule has 0 bridgehead atoms. The number of carboxylic acid groups (broad SMARTS) is 1. The molecule has 0 amide bonds. The summed E-state index contributed by atoms with van der Waals surface area (Å²) in [5.41, 5.74) is 3.90. The molecule has 11 nitrogen and oxygen atoms in total. The summed E-state index contributed by atoms with van der Waals surface area (Å²) in [7, 11) is 0. The number of aromatic nitrogens is 5. The van der Waals surface area contributed by atoms with Crippen LogP contribution in [0.15, 0.2) is 73.4 Å². The second-order valence-corrected chi connectivity index (χ2v) is 10.5.